The standard InChI is InChI=1S/C6H14O3Si/c1-3-8-5(7)6(10)9-4-2/h7H,3-4H2,1-2,10H3. The molecule has 0 aliphatic heterocycles. The van der Waals surface area contributed by atoms with Gasteiger partial charge in [-0.25, -0.2) is 0 Å². The van der Waals surface area contributed by atoms with Crippen LogP contribution in [0.3, 0.4) is 0 Å². The van der Waals surface area contributed by atoms with Crippen LogP contribution in [0.25, 0.3) is 0 Å². The molecule has 1 N–H and O–H groups in total. The molecule has 0 aliphatic carbocycles. The summed E-state index contributed by atoms with van der Waals surface area (Å²) in [6.07, 6.45) is 0. The summed E-state index contributed by atoms with van der Waals surface area (Å²) >= 11 is 0. The smallest absolute Gasteiger partial charge is 0.309 e. The maximum Gasteiger partial charge on any atom is 0.309 e. The highest BCUT2D eigenvalue weighted by molar-refractivity contribution is 6.20. The molecule has 0 rings (SSSR count). The Labute approximate surface area is 64.1 Å². The number of rotatable bonds is 4. The largest absolute Gasteiger partial charge is 0.497 e. The van der Waals surface area contributed by atoms with Crippen LogP contribution in [-0.2, 0) is 9.47 Å². The molecule has 10 heavy (non-hydrogen) atoms. The molecule has 0 atom stereocenters. The highest BCUT2D eigenvalue weighted by atomic mass is 28.1. The van der Waals surface area contributed by atoms with Crippen LogP contribution in [0.1, 0.15) is 13.8 Å². The van der Waals surface area contributed by atoms with Crippen LogP contribution < -0.4 is 0 Å². The third kappa shape index (κ3) is 3.40. The van der Waals surface area contributed by atoms with Gasteiger partial charge in [0.1, 0.15) is 5.38 Å². The van der Waals surface area contributed by atoms with Gasteiger partial charge in [-0.3, -0.25) is 0 Å². The normalized spacial score (nSPS) is 12.6. The van der Waals surface area contributed by atoms with Gasteiger partial charge in [-0.15, -0.1) is 0 Å². The fourth-order valence-electron chi connectivity index (χ4n) is 0.517. The third-order valence-electron chi connectivity index (χ3n) is 0.943. The fourth-order valence-corrected chi connectivity index (χ4v) is 0.950. The molecule has 3 nitrogen and oxygen atoms in total. The van der Waals surface area contributed by atoms with Gasteiger partial charge >= 0.3 is 5.95 Å². The molecule has 0 radical (unpaired) electrons. The summed E-state index contributed by atoms with van der Waals surface area (Å²) in [7, 11) is 0.679. The lowest BCUT2D eigenvalue weighted by molar-refractivity contribution is 0.0773. The van der Waals surface area contributed by atoms with E-state index in [0.717, 1.165) is 0 Å². The van der Waals surface area contributed by atoms with Gasteiger partial charge in [-0.05, 0) is 13.8 Å². The Balaban J connectivity index is 3.79. The predicted molar refractivity (Wildman–Crippen MR) is 42.8 cm³/mol. The van der Waals surface area contributed by atoms with Gasteiger partial charge in [-0.2, -0.15) is 0 Å². The molecule has 0 aromatic carbocycles. The molecule has 0 saturated carbocycles. The Hall–Kier alpha value is -0.643. The van der Waals surface area contributed by atoms with Crippen LogP contribution in [0, 0.1) is 0 Å². The maximum atomic E-state index is 9.02. The highest BCUT2D eigenvalue weighted by Gasteiger charge is 1.98. The van der Waals surface area contributed by atoms with Crippen LogP contribution in [0.4, 0.5) is 0 Å². The lowest BCUT2D eigenvalue weighted by atomic mass is 10.8. The number of hydrogen-bond donors (Lipinski definition) is 1. The van der Waals surface area contributed by atoms with E-state index < -0.39 is 0 Å². The van der Waals surface area contributed by atoms with Crippen molar-refractivity contribution in [3.8, 4) is 0 Å². The van der Waals surface area contributed by atoms with Crippen LogP contribution in [0.2, 0.25) is 0 Å². The zero-order valence-electron chi connectivity index (χ0n) is 6.68. The predicted octanol–water partition coefficient (Wildman–Crippen LogP) is 0.109. The minimum atomic E-state index is -0.0592. The summed E-state index contributed by atoms with van der Waals surface area (Å²) in [5, 5.41) is 9.59. The quantitative estimate of drug-likeness (QED) is 0.471. The Morgan fingerprint density at radius 2 is 1.80 bits per heavy atom. The van der Waals surface area contributed by atoms with Crippen LogP contribution in [0.15, 0.2) is 11.3 Å². The van der Waals surface area contributed by atoms with E-state index in [1.807, 2.05) is 13.8 Å². The van der Waals surface area contributed by atoms with Gasteiger partial charge in [0.15, 0.2) is 0 Å². The van der Waals surface area contributed by atoms with E-state index in [1.54, 1.807) is 0 Å². The molecule has 4 heteroatoms. The number of aliphatic hydroxyl groups excluding tert-OH is 1. The Bertz CT molecular complexity index is 108. The summed E-state index contributed by atoms with van der Waals surface area (Å²) in [6.45, 7) is 4.74. The Kier molecular flexibility index (Phi) is 4.83. The molecule has 0 unspecified atom stereocenters. The number of ether oxygens (including phenoxy) is 2. The second-order valence-electron chi connectivity index (χ2n) is 1.73. The van der Waals surface area contributed by atoms with E-state index in [1.165, 1.54) is 0 Å². The molecule has 0 saturated heterocycles. The molecule has 0 bridgehead atoms. The average molecular weight is 162 g/mol. The molecule has 0 heterocycles. The maximum absolute atomic E-state index is 9.02. The van der Waals surface area contributed by atoms with Crippen LogP contribution >= 0.6 is 0 Å². The Morgan fingerprint density at radius 1 is 1.30 bits per heavy atom. The highest BCUT2D eigenvalue weighted by Crippen LogP contribution is 1.99. The van der Waals surface area contributed by atoms with Gasteiger partial charge in [0.2, 0.25) is 0 Å². The first kappa shape index (κ1) is 9.36. The molecule has 0 amide bonds. The van der Waals surface area contributed by atoms with E-state index in [4.69, 9.17) is 14.6 Å². The van der Waals surface area contributed by atoms with E-state index >= 15 is 0 Å². The third-order valence-corrected chi connectivity index (χ3v) is 1.66. The summed E-state index contributed by atoms with van der Waals surface area (Å²) in [5.74, 6) is -0.0592. The van der Waals surface area contributed by atoms with Crippen LogP contribution in [0.5, 0.6) is 0 Å². The topological polar surface area (TPSA) is 38.7 Å². The van der Waals surface area contributed by atoms with Gasteiger partial charge < -0.3 is 14.6 Å². The molecular formula is C6H14O3Si. The van der Waals surface area contributed by atoms with E-state index in [2.05, 4.69) is 0 Å². The van der Waals surface area contributed by atoms with Crippen molar-refractivity contribution in [3.05, 3.63) is 11.3 Å². The van der Waals surface area contributed by atoms with Gasteiger partial charge in [-0.1, -0.05) is 0 Å². The van der Waals surface area contributed by atoms with Crippen molar-refractivity contribution in [2.24, 2.45) is 0 Å². The second kappa shape index (κ2) is 5.17. The molecule has 0 aromatic heterocycles. The lowest BCUT2D eigenvalue weighted by Gasteiger charge is -2.06. The minimum Gasteiger partial charge on any atom is -0.497 e. The summed E-state index contributed by atoms with van der Waals surface area (Å²) < 4.78 is 9.82. The molecule has 0 fully saturated rings. The number of aliphatic hydroxyl groups is 1. The molecule has 60 valence electrons. The van der Waals surface area contributed by atoms with Crippen molar-refractivity contribution in [1.29, 1.82) is 0 Å². The summed E-state index contributed by atoms with van der Waals surface area (Å²) in [6, 6.07) is 0. The van der Waals surface area contributed by atoms with Crippen molar-refractivity contribution < 1.29 is 14.6 Å². The van der Waals surface area contributed by atoms with E-state index in [0.29, 0.717) is 28.8 Å². The van der Waals surface area contributed by atoms with Crippen molar-refractivity contribution in [1.82, 2.24) is 0 Å². The van der Waals surface area contributed by atoms with Gasteiger partial charge in [0, 0.05) is 0 Å². The molecule has 0 spiro atoms. The van der Waals surface area contributed by atoms with Gasteiger partial charge in [0.25, 0.3) is 0 Å². The first-order chi connectivity index (χ1) is 4.72. The summed E-state index contributed by atoms with van der Waals surface area (Å²) in [4.78, 5) is 0. The van der Waals surface area contributed by atoms with Crippen molar-refractivity contribution in [3.63, 3.8) is 0 Å². The first-order valence-corrected chi connectivity index (χ1v) is 4.37. The van der Waals surface area contributed by atoms with Crippen molar-refractivity contribution >= 4 is 10.2 Å². The van der Waals surface area contributed by atoms with E-state index in [-0.39, 0.29) is 5.95 Å². The van der Waals surface area contributed by atoms with Crippen molar-refractivity contribution in [2.75, 3.05) is 13.2 Å². The minimum absolute atomic E-state index is 0.0592. The van der Waals surface area contributed by atoms with Gasteiger partial charge in [0.05, 0.1) is 23.5 Å². The van der Waals surface area contributed by atoms with Crippen LogP contribution in [-0.4, -0.2) is 28.6 Å². The molecule has 0 aromatic rings. The van der Waals surface area contributed by atoms with Crippen molar-refractivity contribution in [2.45, 2.75) is 13.8 Å². The van der Waals surface area contributed by atoms with E-state index in [9.17, 15) is 0 Å². The summed E-state index contributed by atoms with van der Waals surface area (Å²) in [5.41, 5.74) is 0. The fraction of sp³-hybridized carbons (Fsp3) is 0.667. The Morgan fingerprint density at radius 3 is 2.20 bits per heavy atom. The lowest BCUT2D eigenvalue weighted by Crippen LogP contribution is -2.00. The molecule has 0 aliphatic rings. The molecular weight excluding hydrogens is 148 g/mol. The first-order valence-electron chi connectivity index (χ1n) is 3.37. The SMILES string of the molecule is CCOC(O)=C([SiH3])OCC. The number of hydrogen-bond acceptors (Lipinski definition) is 3. The second-order valence-corrected chi connectivity index (χ2v) is 2.64. The zero-order chi connectivity index (χ0) is 7.98. The zero-order valence-corrected chi connectivity index (χ0v) is 8.68. The monoisotopic (exact) mass is 162 g/mol. The average Bonchev–Trinajstić information content (AvgIpc) is 1.89.